The van der Waals surface area contributed by atoms with Crippen molar-refractivity contribution in [3.05, 3.63) is 22.8 Å². The molecule has 118 valence electrons. The van der Waals surface area contributed by atoms with Crippen LogP contribution in [0.15, 0.2) is 22.8 Å². The molecule has 1 nitrogen and oxygen atoms in total. The minimum Gasteiger partial charge on any atom is -0.385 e. The first kappa shape index (κ1) is 19.4. The highest BCUT2D eigenvalue weighted by atomic mass is 16.3. The van der Waals surface area contributed by atoms with Crippen molar-refractivity contribution in [1.29, 1.82) is 0 Å². The van der Waals surface area contributed by atoms with Crippen LogP contribution in [0.5, 0.6) is 0 Å². The van der Waals surface area contributed by atoms with Crippen LogP contribution in [0.1, 0.15) is 92.9 Å². The SMILES string of the molecule is CC/C=C(CC)/C(CC)=C(\CC)C(O)(CCC)CCC. The van der Waals surface area contributed by atoms with E-state index in [-0.39, 0.29) is 0 Å². The van der Waals surface area contributed by atoms with E-state index >= 15 is 0 Å². The summed E-state index contributed by atoms with van der Waals surface area (Å²) in [7, 11) is 0. The van der Waals surface area contributed by atoms with Gasteiger partial charge in [0.25, 0.3) is 0 Å². The van der Waals surface area contributed by atoms with Gasteiger partial charge in [0.2, 0.25) is 0 Å². The molecule has 0 heterocycles. The number of aliphatic hydroxyl groups is 1. The highest BCUT2D eigenvalue weighted by Crippen LogP contribution is 2.36. The van der Waals surface area contributed by atoms with Gasteiger partial charge in [0.15, 0.2) is 0 Å². The Morgan fingerprint density at radius 3 is 1.70 bits per heavy atom. The van der Waals surface area contributed by atoms with Crippen LogP contribution in [0, 0.1) is 0 Å². The third-order valence-electron chi connectivity index (χ3n) is 4.18. The number of hydrogen-bond donors (Lipinski definition) is 1. The highest BCUT2D eigenvalue weighted by molar-refractivity contribution is 5.39. The van der Waals surface area contributed by atoms with E-state index < -0.39 is 5.60 Å². The van der Waals surface area contributed by atoms with E-state index in [1.165, 1.54) is 16.7 Å². The maximum absolute atomic E-state index is 11.2. The summed E-state index contributed by atoms with van der Waals surface area (Å²) in [6.45, 7) is 13.2. The summed E-state index contributed by atoms with van der Waals surface area (Å²) in [5.41, 5.74) is 3.56. The lowest BCUT2D eigenvalue weighted by Gasteiger charge is -2.33. The molecule has 0 saturated heterocycles. The average molecular weight is 280 g/mol. The van der Waals surface area contributed by atoms with Gasteiger partial charge in [0, 0.05) is 0 Å². The van der Waals surface area contributed by atoms with Crippen LogP contribution < -0.4 is 0 Å². The smallest absolute Gasteiger partial charge is 0.0862 e. The van der Waals surface area contributed by atoms with Crippen molar-refractivity contribution in [3.63, 3.8) is 0 Å². The molecule has 20 heavy (non-hydrogen) atoms. The molecular weight excluding hydrogens is 244 g/mol. The lowest BCUT2D eigenvalue weighted by atomic mass is 9.78. The third-order valence-corrected chi connectivity index (χ3v) is 4.18. The van der Waals surface area contributed by atoms with Crippen molar-refractivity contribution in [1.82, 2.24) is 0 Å². The highest BCUT2D eigenvalue weighted by Gasteiger charge is 2.31. The van der Waals surface area contributed by atoms with Gasteiger partial charge >= 0.3 is 0 Å². The fourth-order valence-corrected chi connectivity index (χ4v) is 3.44. The second kappa shape index (κ2) is 10.2. The predicted molar refractivity (Wildman–Crippen MR) is 91.0 cm³/mol. The molecular formula is C19H36O. The van der Waals surface area contributed by atoms with Crippen molar-refractivity contribution < 1.29 is 5.11 Å². The van der Waals surface area contributed by atoms with Gasteiger partial charge in [-0.1, -0.05) is 60.5 Å². The molecule has 1 N–H and O–H groups in total. The summed E-state index contributed by atoms with van der Waals surface area (Å²) in [5.74, 6) is 0. The monoisotopic (exact) mass is 280 g/mol. The number of allylic oxidation sites excluding steroid dienone is 3. The van der Waals surface area contributed by atoms with Gasteiger partial charge < -0.3 is 5.11 Å². The van der Waals surface area contributed by atoms with E-state index in [4.69, 9.17) is 0 Å². The summed E-state index contributed by atoms with van der Waals surface area (Å²) in [5, 5.41) is 11.2. The molecule has 0 amide bonds. The number of rotatable bonds is 10. The van der Waals surface area contributed by atoms with Crippen molar-refractivity contribution in [2.24, 2.45) is 0 Å². The van der Waals surface area contributed by atoms with Crippen molar-refractivity contribution >= 4 is 0 Å². The zero-order valence-electron chi connectivity index (χ0n) is 14.7. The largest absolute Gasteiger partial charge is 0.385 e. The Morgan fingerprint density at radius 2 is 1.40 bits per heavy atom. The summed E-state index contributed by atoms with van der Waals surface area (Å²) in [4.78, 5) is 0. The van der Waals surface area contributed by atoms with Crippen LogP contribution in [0.3, 0.4) is 0 Å². The Labute approximate surface area is 127 Å². The molecule has 0 atom stereocenters. The van der Waals surface area contributed by atoms with Gasteiger partial charge in [-0.15, -0.1) is 0 Å². The third kappa shape index (κ3) is 5.09. The summed E-state index contributed by atoms with van der Waals surface area (Å²) in [6.07, 6.45) is 10.3. The molecule has 0 unspecified atom stereocenters. The van der Waals surface area contributed by atoms with Crippen LogP contribution >= 0.6 is 0 Å². The molecule has 0 bridgehead atoms. The first-order valence-corrected chi connectivity index (χ1v) is 8.68. The Morgan fingerprint density at radius 1 is 0.850 bits per heavy atom. The zero-order valence-corrected chi connectivity index (χ0v) is 14.7. The second-order valence-electron chi connectivity index (χ2n) is 5.69. The first-order valence-electron chi connectivity index (χ1n) is 8.68. The summed E-state index contributed by atoms with van der Waals surface area (Å²) in [6, 6.07) is 0. The Bertz CT molecular complexity index is 317. The molecule has 0 spiro atoms. The van der Waals surface area contributed by atoms with Gasteiger partial charge in [-0.25, -0.2) is 0 Å². The molecule has 0 rings (SSSR count). The molecule has 0 aromatic carbocycles. The molecule has 1 heteroatoms. The number of hydrogen-bond acceptors (Lipinski definition) is 1. The lowest BCUT2D eigenvalue weighted by Crippen LogP contribution is -2.32. The van der Waals surface area contributed by atoms with E-state index in [1.54, 1.807) is 0 Å². The van der Waals surface area contributed by atoms with Gasteiger partial charge in [-0.2, -0.15) is 0 Å². The van der Waals surface area contributed by atoms with E-state index in [2.05, 4.69) is 47.6 Å². The van der Waals surface area contributed by atoms with E-state index in [0.717, 1.165) is 51.4 Å². The Balaban J connectivity index is 5.84. The minimum atomic E-state index is -0.592. The van der Waals surface area contributed by atoms with Crippen molar-refractivity contribution in [3.8, 4) is 0 Å². The zero-order chi connectivity index (χ0) is 15.6. The molecule has 0 aliphatic carbocycles. The van der Waals surface area contributed by atoms with Crippen LogP contribution in [0.2, 0.25) is 0 Å². The molecule has 0 saturated carbocycles. The lowest BCUT2D eigenvalue weighted by molar-refractivity contribution is 0.0543. The summed E-state index contributed by atoms with van der Waals surface area (Å²) < 4.78 is 0. The van der Waals surface area contributed by atoms with Crippen LogP contribution in [0.25, 0.3) is 0 Å². The second-order valence-corrected chi connectivity index (χ2v) is 5.69. The van der Waals surface area contributed by atoms with E-state index in [1.807, 2.05) is 0 Å². The topological polar surface area (TPSA) is 20.2 Å². The molecule has 0 radical (unpaired) electrons. The standard InChI is InChI=1S/C19H36O/c1-7-13-16(10-4)17(11-5)18(12-6)19(20,14-8-2)15-9-3/h13,20H,7-12,14-15H2,1-6H3/b16-13+,18-17+. The minimum absolute atomic E-state index is 0.592. The van der Waals surface area contributed by atoms with Crippen molar-refractivity contribution in [2.75, 3.05) is 0 Å². The molecule has 0 aliphatic heterocycles. The normalized spacial score (nSPS) is 14.4. The van der Waals surface area contributed by atoms with Gasteiger partial charge in [0.05, 0.1) is 5.60 Å². The molecule has 0 fully saturated rings. The Kier molecular flexibility index (Phi) is 9.92. The maximum Gasteiger partial charge on any atom is 0.0862 e. The first-order chi connectivity index (χ1) is 9.54. The maximum atomic E-state index is 11.2. The van der Waals surface area contributed by atoms with Crippen LogP contribution in [0.4, 0.5) is 0 Å². The van der Waals surface area contributed by atoms with Crippen LogP contribution in [-0.2, 0) is 0 Å². The summed E-state index contributed by atoms with van der Waals surface area (Å²) >= 11 is 0. The molecule has 0 aromatic rings. The predicted octanol–water partition coefficient (Wildman–Crippen LogP) is 6.18. The fourth-order valence-electron chi connectivity index (χ4n) is 3.44. The molecule has 0 aliphatic rings. The Hall–Kier alpha value is -0.560. The van der Waals surface area contributed by atoms with E-state index in [9.17, 15) is 5.11 Å². The van der Waals surface area contributed by atoms with Gasteiger partial charge in [0.1, 0.15) is 0 Å². The van der Waals surface area contributed by atoms with Gasteiger partial charge in [-0.05, 0) is 55.2 Å². The quantitative estimate of drug-likeness (QED) is 0.474. The van der Waals surface area contributed by atoms with E-state index in [0.29, 0.717) is 0 Å². The average Bonchev–Trinajstić information content (AvgIpc) is 2.42. The van der Waals surface area contributed by atoms with Gasteiger partial charge in [-0.3, -0.25) is 0 Å². The fraction of sp³-hybridized carbons (Fsp3) is 0.789. The molecule has 0 aromatic heterocycles. The van der Waals surface area contributed by atoms with Crippen molar-refractivity contribution in [2.45, 2.75) is 98.5 Å². The van der Waals surface area contributed by atoms with Crippen LogP contribution in [-0.4, -0.2) is 10.7 Å².